The van der Waals surface area contributed by atoms with Crippen LogP contribution in [0.3, 0.4) is 0 Å². The first kappa shape index (κ1) is 17.0. The first-order valence-corrected chi connectivity index (χ1v) is 8.70. The molecule has 4 rings (SSSR count). The molecule has 4 aromatic rings. The number of pyridine rings is 2. The second-order valence-electron chi connectivity index (χ2n) is 5.90. The molecule has 2 aromatic heterocycles. The molecule has 0 unspecified atom stereocenters. The topological polar surface area (TPSA) is 66.9 Å². The largest absolute Gasteiger partial charge is 0.338 e. The standard InChI is InChI=1S/C21H15ClN4O/c22-16-7-1-5-15(12-16)21(27)25-17-9-10-19(24-13-17)26-18-8-2-4-14-6-3-11-23-20(14)18/h1-13H,(H,24,26)(H,25,27). The predicted molar refractivity (Wildman–Crippen MR) is 109 cm³/mol. The predicted octanol–water partition coefficient (Wildman–Crippen LogP) is 5.28. The molecule has 27 heavy (non-hydrogen) atoms. The van der Waals surface area contributed by atoms with Crippen LogP contribution in [0.25, 0.3) is 10.9 Å². The number of nitrogens with zero attached hydrogens (tertiary/aromatic N) is 2. The molecule has 132 valence electrons. The van der Waals surface area contributed by atoms with Crippen molar-refractivity contribution in [1.82, 2.24) is 9.97 Å². The Morgan fingerprint density at radius 1 is 0.926 bits per heavy atom. The fraction of sp³-hybridized carbons (Fsp3) is 0. The summed E-state index contributed by atoms with van der Waals surface area (Å²) in [5.74, 6) is 0.423. The van der Waals surface area contributed by atoms with E-state index in [0.717, 1.165) is 16.6 Å². The number of hydrogen-bond donors (Lipinski definition) is 2. The van der Waals surface area contributed by atoms with Crippen LogP contribution in [0.4, 0.5) is 17.2 Å². The van der Waals surface area contributed by atoms with Crippen LogP contribution in [0, 0.1) is 0 Å². The molecule has 0 atom stereocenters. The zero-order chi connectivity index (χ0) is 18.6. The van der Waals surface area contributed by atoms with Crippen molar-refractivity contribution in [3.8, 4) is 0 Å². The SMILES string of the molecule is O=C(Nc1ccc(Nc2cccc3cccnc23)nc1)c1cccc(Cl)c1. The van der Waals surface area contributed by atoms with Crippen LogP contribution in [0.5, 0.6) is 0 Å². The summed E-state index contributed by atoms with van der Waals surface area (Å²) >= 11 is 5.93. The van der Waals surface area contributed by atoms with Gasteiger partial charge in [0, 0.05) is 22.2 Å². The molecular weight excluding hydrogens is 360 g/mol. The van der Waals surface area contributed by atoms with Gasteiger partial charge in [0.25, 0.3) is 5.91 Å². The van der Waals surface area contributed by atoms with Gasteiger partial charge in [0.1, 0.15) is 5.82 Å². The molecule has 0 aliphatic carbocycles. The number of para-hydroxylation sites is 1. The van der Waals surface area contributed by atoms with Gasteiger partial charge in [-0.05, 0) is 42.5 Å². The molecule has 2 aromatic carbocycles. The molecule has 1 amide bonds. The first-order valence-electron chi connectivity index (χ1n) is 8.33. The van der Waals surface area contributed by atoms with Crippen molar-refractivity contribution in [2.45, 2.75) is 0 Å². The Morgan fingerprint density at radius 3 is 2.59 bits per heavy atom. The number of halogens is 1. The molecule has 0 bridgehead atoms. The smallest absolute Gasteiger partial charge is 0.255 e. The van der Waals surface area contributed by atoms with Gasteiger partial charge in [0.15, 0.2) is 0 Å². The minimum absolute atomic E-state index is 0.238. The molecule has 0 fully saturated rings. The van der Waals surface area contributed by atoms with Crippen LogP contribution >= 0.6 is 11.6 Å². The molecule has 2 heterocycles. The molecule has 0 saturated heterocycles. The summed E-state index contributed by atoms with van der Waals surface area (Å²) in [6.45, 7) is 0. The van der Waals surface area contributed by atoms with Gasteiger partial charge in [-0.2, -0.15) is 0 Å². The fourth-order valence-corrected chi connectivity index (χ4v) is 2.91. The summed E-state index contributed by atoms with van der Waals surface area (Å²) in [5.41, 5.74) is 2.84. The number of amides is 1. The van der Waals surface area contributed by atoms with Gasteiger partial charge in [-0.3, -0.25) is 9.78 Å². The van der Waals surface area contributed by atoms with Crippen molar-refractivity contribution in [2.75, 3.05) is 10.6 Å². The quantitative estimate of drug-likeness (QED) is 0.510. The lowest BCUT2D eigenvalue weighted by atomic mass is 10.2. The van der Waals surface area contributed by atoms with E-state index < -0.39 is 0 Å². The van der Waals surface area contributed by atoms with Crippen molar-refractivity contribution in [1.29, 1.82) is 0 Å². The first-order chi connectivity index (χ1) is 13.2. The summed E-state index contributed by atoms with van der Waals surface area (Å²) in [5, 5.41) is 7.64. The third-order valence-electron chi connectivity index (χ3n) is 4.00. The van der Waals surface area contributed by atoms with E-state index in [2.05, 4.69) is 20.6 Å². The van der Waals surface area contributed by atoms with E-state index in [9.17, 15) is 4.79 Å². The molecule has 0 spiro atoms. The van der Waals surface area contributed by atoms with Crippen LogP contribution in [-0.4, -0.2) is 15.9 Å². The summed E-state index contributed by atoms with van der Waals surface area (Å²) in [4.78, 5) is 21.0. The van der Waals surface area contributed by atoms with Gasteiger partial charge in [0.05, 0.1) is 23.1 Å². The van der Waals surface area contributed by atoms with Gasteiger partial charge < -0.3 is 10.6 Å². The maximum Gasteiger partial charge on any atom is 0.255 e. The number of rotatable bonds is 4. The van der Waals surface area contributed by atoms with Gasteiger partial charge in [0.2, 0.25) is 0 Å². The molecule has 0 saturated carbocycles. The molecule has 0 radical (unpaired) electrons. The number of carbonyl (C=O) groups is 1. The summed E-state index contributed by atoms with van der Waals surface area (Å²) in [6, 6.07) is 20.2. The van der Waals surface area contributed by atoms with Crippen molar-refractivity contribution >= 4 is 45.6 Å². The average molecular weight is 375 g/mol. The van der Waals surface area contributed by atoms with Gasteiger partial charge >= 0.3 is 0 Å². The number of carbonyl (C=O) groups excluding carboxylic acids is 1. The zero-order valence-corrected chi connectivity index (χ0v) is 14.9. The minimum atomic E-state index is -0.238. The number of fused-ring (bicyclic) bond motifs is 1. The van der Waals surface area contributed by atoms with Crippen molar-refractivity contribution in [2.24, 2.45) is 0 Å². The van der Waals surface area contributed by atoms with Crippen LogP contribution in [0.1, 0.15) is 10.4 Å². The average Bonchev–Trinajstić information content (AvgIpc) is 2.70. The van der Waals surface area contributed by atoms with E-state index in [4.69, 9.17) is 11.6 Å². The Kier molecular flexibility index (Phi) is 4.68. The number of anilines is 3. The maximum atomic E-state index is 12.3. The van der Waals surface area contributed by atoms with Crippen LogP contribution < -0.4 is 10.6 Å². The van der Waals surface area contributed by atoms with Crippen molar-refractivity contribution in [3.05, 3.63) is 89.7 Å². The summed E-state index contributed by atoms with van der Waals surface area (Å²) < 4.78 is 0. The lowest BCUT2D eigenvalue weighted by molar-refractivity contribution is 0.102. The Hall–Kier alpha value is -3.44. The van der Waals surface area contributed by atoms with Crippen LogP contribution in [0.2, 0.25) is 5.02 Å². The Bertz CT molecular complexity index is 1110. The van der Waals surface area contributed by atoms with E-state index in [0.29, 0.717) is 22.1 Å². The fourth-order valence-electron chi connectivity index (χ4n) is 2.72. The van der Waals surface area contributed by atoms with E-state index >= 15 is 0 Å². The number of nitrogens with one attached hydrogen (secondary N) is 2. The number of benzene rings is 2. The normalized spacial score (nSPS) is 10.6. The van der Waals surface area contributed by atoms with Crippen molar-refractivity contribution < 1.29 is 4.79 Å². The Morgan fingerprint density at radius 2 is 1.78 bits per heavy atom. The highest BCUT2D eigenvalue weighted by molar-refractivity contribution is 6.31. The van der Waals surface area contributed by atoms with Gasteiger partial charge in [-0.25, -0.2) is 4.98 Å². The molecule has 0 aliphatic heterocycles. The van der Waals surface area contributed by atoms with E-state index in [1.165, 1.54) is 0 Å². The Labute approximate surface area is 161 Å². The third kappa shape index (κ3) is 3.88. The number of aromatic nitrogens is 2. The van der Waals surface area contributed by atoms with Crippen LogP contribution in [-0.2, 0) is 0 Å². The lowest BCUT2D eigenvalue weighted by Gasteiger charge is -2.09. The molecule has 0 aliphatic rings. The highest BCUT2D eigenvalue weighted by atomic mass is 35.5. The molecule has 5 nitrogen and oxygen atoms in total. The third-order valence-corrected chi connectivity index (χ3v) is 4.24. The molecular formula is C21H15ClN4O. The van der Waals surface area contributed by atoms with Crippen molar-refractivity contribution in [3.63, 3.8) is 0 Å². The van der Waals surface area contributed by atoms with Crippen LogP contribution in [0.15, 0.2) is 79.1 Å². The lowest BCUT2D eigenvalue weighted by Crippen LogP contribution is -2.12. The summed E-state index contributed by atoms with van der Waals surface area (Å²) in [7, 11) is 0. The highest BCUT2D eigenvalue weighted by Gasteiger charge is 2.07. The van der Waals surface area contributed by atoms with E-state index in [-0.39, 0.29) is 5.91 Å². The highest BCUT2D eigenvalue weighted by Crippen LogP contribution is 2.24. The maximum absolute atomic E-state index is 12.3. The van der Waals surface area contributed by atoms with Gasteiger partial charge in [-0.1, -0.05) is 35.9 Å². The molecule has 6 heteroatoms. The van der Waals surface area contributed by atoms with E-state index in [1.807, 2.05) is 30.3 Å². The second-order valence-corrected chi connectivity index (χ2v) is 6.34. The summed E-state index contributed by atoms with van der Waals surface area (Å²) in [6.07, 6.45) is 3.36. The van der Waals surface area contributed by atoms with Gasteiger partial charge in [-0.15, -0.1) is 0 Å². The second kappa shape index (κ2) is 7.43. The zero-order valence-electron chi connectivity index (χ0n) is 14.2. The minimum Gasteiger partial charge on any atom is -0.338 e. The number of hydrogen-bond acceptors (Lipinski definition) is 4. The monoisotopic (exact) mass is 374 g/mol. The van der Waals surface area contributed by atoms with E-state index in [1.54, 1.807) is 48.8 Å². The molecule has 2 N–H and O–H groups in total. The Balaban J connectivity index is 1.50.